The zero-order chi connectivity index (χ0) is 17.3. The van der Waals surface area contributed by atoms with Gasteiger partial charge in [0.2, 0.25) is 0 Å². The van der Waals surface area contributed by atoms with E-state index in [1.165, 1.54) is 12.1 Å². The zero-order valence-corrected chi connectivity index (χ0v) is 14.3. The molecule has 2 aromatic rings. The van der Waals surface area contributed by atoms with Crippen molar-refractivity contribution in [2.24, 2.45) is 0 Å². The molecule has 128 valence electrons. The van der Waals surface area contributed by atoms with Crippen molar-refractivity contribution >= 4 is 5.91 Å². The number of aryl methyl sites for hydroxylation is 1. The molecule has 2 unspecified atom stereocenters. The normalized spacial score (nSPS) is 20.8. The monoisotopic (exact) mass is 330 g/mol. The highest BCUT2D eigenvalue weighted by Crippen LogP contribution is 2.19. The highest BCUT2D eigenvalue weighted by atomic mass is 19.1. The lowest BCUT2D eigenvalue weighted by molar-refractivity contribution is 0.0918. The Morgan fingerprint density at radius 1 is 1.33 bits per heavy atom. The van der Waals surface area contributed by atoms with Crippen LogP contribution in [0.25, 0.3) is 5.69 Å². The number of amides is 1. The maximum absolute atomic E-state index is 13.1. The van der Waals surface area contributed by atoms with Gasteiger partial charge in [-0.2, -0.15) is 5.10 Å². The van der Waals surface area contributed by atoms with Gasteiger partial charge in [0, 0.05) is 12.1 Å². The van der Waals surface area contributed by atoms with E-state index in [9.17, 15) is 9.18 Å². The number of nitrogens with one attached hydrogen (secondary N) is 2. The average Bonchev–Trinajstić information content (AvgIpc) is 2.85. The van der Waals surface area contributed by atoms with Gasteiger partial charge in [0.15, 0.2) is 0 Å². The van der Waals surface area contributed by atoms with E-state index < -0.39 is 0 Å². The van der Waals surface area contributed by atoms with Gasteiger partial charge in [0.1, 0.15) is 5.82 Å². The Kier molecular flexibility index (Phi) is 4.66. The van der Waals surface area contributed by atoms with Crippen LogP contribution in [0.4, 0.5) is 4.39 Å². The van der Waals surface area contributed by atoms with E-state index >= 15 is 0 Å². The maximum Gasteiger partial charge on any atom is 0.255 e. The zero-order valence-electron chi connectivity index (χ0n) is 14.3. The summed E-state index contributed by atoms with van der Waals surface area (Å²) in [5, 5.41) is 11.0. The summed E-state index contributed by atoms with van der Waals surface area (Å²) in [4.78, 5) is 12.7. The molecule has 24 heavy (non-hydrogen) atoms. The van der Waals surface area contributed by atoms with Crippen molar-refractivity contribution in [2.75, 3.05) is 6.54 Å². The number of benzene rings is 1. The van der Waals surface area contributed by atoms with Crippen LogP contribution in [0.15, 0.2) is 24.3 Å². The summed E-state index contributed by atoms with van der Waals surface area (Å²) in [7, 11) is 0. The molecule has 1 fully saturated rings. The number of hydrogen-bond donors (Lipinski definition) is 2. The molecule has 0 radical (unpaired) electrons. The van der Waals surface area contributed by atoms with Crippen LogP contribution >= 0.6 is 0 Å². The van der Waals surface area contributed by atoms with Crippen LogP contribution in [-0.4, -0.2) is 34.3 Å². The van der Waals surface area contributed by atoms with Crippen molar-refractivity contribution in [2.45, 2.75) is 45.7 Å². The summed E-state index contributed by atoms with van der Waals surface area (Å²) in [6.45, 7) is 6.77. The molecule has 2 heterocycles. The highest BCUT2D eigenvalue weighted by molar-refractivity contribution is 5.96. The lowest BCUT2D eigenvalue weighted by Crippen LogP contribution is -2.52. The second-order valence-corrected chi connectivity index (χ2v) is 6.40. The van der Waals surface area contributed by atoms with Crippen molar-refractivity contribution in [3.05, 3.63) is 47.0 Å². The minimum absolute atomic E-state index is 0.0982. The van der Waals surface area contributed by atoms with Crippen molar-refractivity contribution in [1.29, 1.82) is 0 Å². The van der Waals surface area contributed by atoms with Crippen LogP contribution < -0.4 is 10.6 Å². The van der Waals surface area contributed by atoms with Gasteiger partial charge in [-0.3, -0.25) is 4.79 Å². The van der Waals surface area contributed by atoms with Crippen molar-refractivity contribution in [3.8, 4) is 5.69 Å². The molecule has 5 nitrogen and oxygen atoms in total. The number of carbonyl (C=O) groups is 1. The standard InChI is InChI=1S/C18H23FN4O/c1-11-16(5-4-10-20-11)21-18(24)17-12(2)22-23(13(17)3)15-8-6-14(19)7-9-15/h6-9,11,16,20H,4-5,10H2,1-3H3,(H,21,24). The van der Waals surface area contributed by atoms with E-state index in [2.05, 4.69) is 22.7 Å². The number of aromatic nitrogens is 2. The van der Waals surface area contributed by atoms with Gasteiger partial charge in [0.05, 0.1) is 22.6 Å². The average molecular weight is 330 g/mol. The van der Waals surface area contributed by atoms with Crippen LogP contribution in [0.1, 0.15) is 41.5 Å². The van der Waals surface area contributed by atoms with E-state index in [1.54, 1.807) is 16.8 Å². The molecular weight excluding hydrogens is 307 g/mol. The molecule has 6 heteroatoms. The number of nitrogens with zero attached hydrogens (tertiary/aromatic N) is 2. The SMILES string of the molecule is Cc1nn(-c2ccc(F)cc2)c(C)c1C(=O)NC1CCCNC1C. The molecule has 1 saturated heterocycles. The Morgan fingerprint density at radius 2 is 2.04 bits per heavy atom. The van der Waals surface area contributed by atoms with E-state index in [1.807, 2.05) is 13.8 Å². The molecule has 0 bridgehead atoms. The van der Waals surface area contributed by atoms with Gasteiger partial charge in [-0.15, -0.1) is 0 Å². The first-order chi connectivity index (χ1) is 11.5. The smallest absolute Gasteiger partial charge is 0.255 e. The van der Waals surface area contributed by atoms with Gasteiger partial charge in [-0.25, -0.2) is 9.07 Å². The van der Waals surface area contributed by atoms with Crippen LogP contribution in [0.2, 0.25) is 0 Å². The van der Waals surface area contributed by atoms with Crippen LogP contribution in [0, 0.1) is 19.7 Å². The molecule has 2 N–H and O–H groups in total. The van der Waals surface area contributed by atoms with Gasteiger partial charge in [0.25, 0.3) is 5.91 Å². The minimum Gasteiger partial charge on any atom is -0.348 e. The summed E-state index contributed by atoms with van der Waals surface area (Å²) in [5.41, 5.74) is 2.76. The molecule has 2 atom stereocenters. The Balaban J connectivity index is 1.85. The van der Waals surface area contributed by atoms with Crippen molar-refractivity contribution in [3.63, 3.8) is 0 Å². The van der Waals surface area contributed by atoms with Crippen LogP contribution in [-0.2, 0) is 0 Å². The quantitative estimate of drug-likeness (QED) is 0.909. The second kappa shape index (κ2) is 6.73. The molecule has 1 aliphatic heterocycles. The van der Waals surface area contributed by atoms with E-state index in [0.717, 1.165) is 30.8 Å². The molecule has 1 aromatic carbocycles. The Morgan fingerprint density at radius 3 is 2.71 bits per heavy atom. The molecule has 0 saturated carbocycles. The lowest BCUT2D eigenvalue weighted by atomic mass is 9.99. The first-order valence-corrected chi connectivity index (χ1v) is 8.34. The number of piperidine rings is 1. The van der Waals surface area contributed by atoms with Crippen LogP contribution in [0.3, 0.4) is 0 Å². The molecule has 0 spiro atoms. The summed E-state index contributed by atoms with van der Waals surface area (Å²) in [6, 6.07) is 6.48. The number of carbonyl (C=O) groups excluding carboxylic acids is 1. The Labute approximate surface area is 141 Å². The molecule has 0 aliphatic carbocycles. The predicted molar refractivity (Wildman–Crippen MR) is 90.9 cm³/mol. The number of halogens is 1. The fraction of sp³-hybridized carbons (Fsp3) is 0.444. The Hall–Kier alpha value is -2.21. The van der Waals surface area contributed by atoms with E-state index in [0.29, 0.717) is 11.3 Å². The molecular formula is C18H23FN4O. The summed E-state index contributed by atoms with van der Waals surface area (Å²) < 4.78 is 14.8. The summed E-state index contributed by atoms with van der Waals surface area (Å²) >= 11 is 0. The van der Waals surface area contributed by atoms with Crippen molar-refractivity contribution < 1.29 is 9.18 Å². The topological polar surface area (TPSA) is 59.0 Å². The van der Waals surface area contributed by atoms with Crippen LogP contribution in [0.5, 0.6) is 0 Å². The second-order valence-electron chi connectivity index (χ2n) is 6.40. The van der Waals surface area contributed by atoms with Crippen molar-refractivity contribution in [1.82, 2.24) is 20.4 Å². The summed E-state index contributed by atoms with van der Waals surface area (Å²) in [5.74, 6) is -0.393. The molecule has 3 rings (SSSR count). The lowest BCUT2D eigenvalue weighted by Gasteiger charge is -2.30. The molecule has 1 amide bonds. The van der Waals surface area contributed by atoms with Gasteiger partial charge in [-0.05, 0) is 64.4 Å². The van der Waals surface area contributed by atoms with Gasteiger partial charge >= 0.3 is 0 Å². The fourth-order valence-corrected chi connectivity index (χ4v) is 3.29. The third kappa shape index (κ3) is 3.19. The predicted octanol–water partition coefficient (Wildman–Crippen LogP) is 2.50. The molecule has 1 aliphatic rings. The molecule has 1 aromatic heterocycles. The third-order valence-corrected chi connectivity index (χ3v) is 4.67. The summed E-state index contributed by atoms with van der Waals surface area (Å²) in [6.07, 6.45) is 2.03. The van der Waals surface area contributed by atoms with E-state index in [4.69, 9.17) is 0 Å². The third-order valence-electron chi connectivity index (χ3n) is 4.67. The number of rotatable bonds is 3. The van der Waals surface area contributed by atoms with Gasteiger partial charge in [-0.1, -0.05) is 0 Å². The highest BCUT2D eigenvalue weighted by Gasteiger charge is 2.26. The van der Waals surface area contributed by atoms with E-state index in [-0.39, 0.29) is 23.8 Å². The first kappa shape index (κ1) is 16.6. The van der Waals surface area contributed by atoms with Gasteiger partial charge < -0.3 is 10.6 Å². The number of hydrogen-bond acceptors (Lipinski definition) is 3. The Bertz CT molecular complexity index is 738. The first-order valence-electron chi connectivity index (χ1n) is 8.34. The maximum atomic E-state index is 13.1. The minimum atomic E-state index is -0.294. The fourth-order valence-electron chi connectivity index (χ4n) is 3.29. The largest absolute Gasteiger partial charge is 0.348 e.